The molecule has 4 nitrogen and oxygen atoms in total. The van der Waals surface area contributed by atoms with Crippen molar-refractivity contribution in [3.8, 4) is 5.75 Å². The molecule has 1 amide bonds. The molecule has 0 N–H and O–H groups in total. The van der Waals surface area contributed by atoms with E-state index in [4.69, 9.17) is 4.74 Å². The van der Waals surface area contributed by atoms with E-state index in [1.54, 1.807) is 7.11 Å². The predicted octanol–water partition coefficient (Wildman–Crippen LogP) is 3.98. The van der Waals surface area contributed by atoms with Crippen molar-refractivity contribution in [1.29, 1.82) is 0 Å². The second kappa shape index (κ2) is 9.74. The number of carbonyl (C=O) groups excluding carboxylic acids is 1. The Bertz CT molecular complexity index is 786. The minimum absolute atomic E-state index is 0.284. The summed E-state index contributed by atoms with van der Waals surface area (Å²) >= 11 is 0. The lowest BCUT2D eigenvalue weighted by molar-refractivity contribution is -0.131. The number of methoxy groups -OCH3 is 1. The number of amides is 1. The van der Waals surface area contributed by atoms with Crippen molar-refractivity contribution in [2.24, 2.45) is 0 Å². The quantitative estimate of drug-likeness (QED) is 0.760. The highest BCUT2D eigenvalue weighted by molar-refractivity contribution is 5.76. The molecule has 0 bridgehead atoms. The van der Waals surface area contributed by atoms with Gasteiger partial charge in [-0.15, -0.1) is 0 Å². The van der Waals surface area contributed by atoms with Gasteiger partial charge in [-0.3, -0.25) is 9.69 Å². The van der Waals surface area contributed by atoms with E-state index in [9.17, 15) is 4.79 Å². The highest BCUT2D eigenvalue weighted by Crippen LogP contribution is 2.16. The highest BCUT2D eigenvalue weighted by atomic mass is 16.5. The molecular formula is C24H32N2O2. The van der Waals surface area contributed by atoms with Crippen LogP contribution in [0.3, 0.4) is 0 Å². The fourth-order valence-corrected chi connectivity index (χ4v) is 3.89. The Morgan fingerprint density at radius 3 is 2.50 bits per heavy atom. The zero-order valence-electron chi connectivity index (χ0n) is 17.4. The maximum Gasteiger partial charge on any atom is 0.222 e. The Morgan fingerprint density at radius 2 is 1.79 bits per heavy atom. The van der Waals surface area contributed by atoms with Crippen LogP contribution in [0.4, 0.5) is 0 Å². The van der Waals surface area contributed by atoms with Gasteiger partial charge in [-0.2, -0.15) is 0 Å². The average Bonchev–Trinajstić information content (AvgIpc) is 2.93. The topological polar surface area (TPSA) is 32.8 Å². The molecule has 4 heteroatoms. The number of hydrogen-bond acceptors (Lipinski definition) is 3. The maximum atomic E-state index is 12.7. The number of aryl methyl sites for hydroxylation is 3. The lowest BCUT2D eigenvalue weighted by Crippen LogP contribution is -2.35. The molecule has 3 rings (SSSR count). The van der Waals surface area contributed by atoms with Gasteiger partial charge in [-0.05, 0) is 55.5 Å². The number of carbonyl (C=O) groups is 1. The monoisotopic (exact) mass is 380 g/mol. The summed E-state index contributed by atoms with van der Waals surface area (Å²) < 4.78 is 5.23. The minimum Gasteiger partial charge on any atom is -0.497 e. The van der Waals surface area contributed by atoms with Gasteiger partial charge >= 0.3 is 0 Å². The summed E-state index contributed by atoms with van der Waals surface area (Å²) in [5.74, 6) is 1.17. The van der Waals surface area contributed by atoms with Crippen LogP contribution in [-0.2, 0) is 17.8 Å². The fraction of sp³-hybridized carbons (Fsp3) is 0.458. The first-order valence-electron chi connectivity index (χ1n) is 10.2. The smallest absolute Gasteiger partial charge is 0.222 e. The molecule has 1 heterocycles. The Kier molecular flexibility index (Phi) is 7.10. The van der Waals surface area contributed by atoms with E-state index in [1.807, 2.05) is 12.1 Å². The van der Waals surface area contributed by atoms with Crippen molar-refractivity contribution in [1.82, 2.24) is 9.80 Å². The third kappa shape index (κ3) is 5.59. The van der Waals surface area contributed by atoms with Gasteiger partial charge in [0.05, 0.1) is 7.11 Å². The first kappa shape index (κ1) is 20.4. The van der Waals surface area contributed by atoms with Crippen LogP contribution in [0.5, 0.6) is 5.75 Å². The van der Waals surface area contributed by atoms with Crippen LogP contribution in [0.2, 0.25) is 0 Å². The molecule has 0 saturated carbocycles. The van der Waals surface area contributed by atoms with E-state index in [0.29, 0.717) is 6.42 Å². The van der Waals surface area contributed by atoms with Crippen molar-refractivity contribution in [3.63, 3.8) is 0 Å². The SMILES string of the molecule is COc1ccc(CN2CCCN(C(=O)CCc3ccc(C)cc3C)CC2)cc1. The average molecular weight is 381 g/mol. The molecule has 0 unspecified atom stereocenters. The number of ether oxygens (including phenoxy) is 1. The zero-order chi connectivity index (χ0) is 19.9. The second-order valence-corrected chi connectivity index (χ2v) is 7.79. The molecular weight excluding hydrogens is 348 g/mol. The molecule has 1 fully saturated rings. The predicted molar refractivity (Wildman–Crippen MR) is 114 cm³/mol. The maximum absolute atomic E-state index is 12.7. The first-order valence-corrected chi connectivity index (χ1v) is 10.2. The van der Waals surface area contributed by atoms with Gasteiger partial charge in [0, 0.05) is 39.1 Å². The Hall–Kier alpha value is -2.33. The molecule has 0 aliphatic carbocycles. The molecule has 0 spiro atoms. The van der Waals surface area contributed by atoms with E-state index in [1.165, 1.54) is 22.3 Å². The van der Waals surface area contributed by atoms with Crippen molar-refractivity contribution < 1.29 is 9.53 Å². The van der Waals surface area contributed by atoms with Crippen LogP contribution < -0.4 is 4.74 Å². The summed E-state index contributed by atoms with van der Waals surface area (Å²) in [4.78, 5) is 17.2. The standard InChI is InChI=1S/C24H32N2O2/c1-19-5-8-22(20(2)17-19)9-12-24(27)26-14-4-13-25(15-16-26)18-21-6-10-23(28-3)11-7-21/h5-8,10-11,17H,4,9,12-16,18H2,1-3H3. The highest BCUT2D eigenvalue weighted by Gasteiger charge is 2.19. The van der Waals surface area contributed by atoms with Gasteiger partial charge in [0.2, 0.25) is 5.91 Å². The Balaban J connectivity index is 1.48. The molecule has 1 aliphatic heterocycles. The number of benzene rings is 2. The molecule has 0 atom stereocenters. The molecule has 2 aromatic rings. The normalized spacial score (nSPS) is 15.3. The van der Waals surface area contributed by atoms with Crippen molar-refractivity contribution in [3.05, 3.63) is 64.7 Å². The summed E-state index contributed by atoms with van der Waals surface area (Å²) in [6.45, 7) is 8.82. The molecule has 150 valence electrons. The molecule has 1 saturated heterocycles. The Labute approximate surface area is 169 Å². The number of nitrogens with zero attached hydrogens (tertiary/aromatic N) is 2. The van der Waals surface area contributed by atoms with Crippen molar-refractivity contribution in [2.75, 3.05) is 33.3 Å². The lowest BCUT2D eigenvalue weighted by Gasteiger charge is -2.22. The van der Waals surface area contributed by atoms with Gasteiger partial charge in [-0.25, -0.2) is 0 Å². The summed E-state index contributed by atoms with van der Waals surface area (Å²) in [6, 6.07) is 14.8. The van der Waals surface area contributed by atoms with E-state index in [2.05, 4.69) is 54.0 Å². The third-order valence-electron chi connectivity index (χ3n) is 5.61. The van der Waals surface area contributed by atoms with E-state index in [-0.39, 0.29) is 5.91 Å². The summed E-state index contributed by atoms with van der Waals surface area (Å²) in [5, 5.41) is 0. The fourth-order valence-electron chi connectivity index (χ4n) is 3.89. The van der Waals surface area contributed by atoms with Crippen molar-refractivity contribution >= 4 is 5.91 Å². The van der Waals surface area contributed by atoms with Crippen molar-refractivity contribution in [2.45, 2.75) is 39.7 Å². The Morgan fingerprint density at radius 1 is 1.00 bits per heavy atom. The third-order valence-corrected chi connectivity index (χ3v) is 5.61. The van der Waals surface area contributed by atoms with Gasteiger partial charge in [-0.1, -0.05) is 35.9 Å². The lowest BCUT2D eigenvalue weighted by atomic mass is 10.0. The van der Waals surface area contributed by atoms with Gasteiger partial charge in [0.15, 0.2) is 0 Å². The summed E-state index contributed by atoms with van der Waals surface area (Å²) in [5.41, 5.74) is 5.14. The zero-order valence-corrected chi connectivity index (χ0v) is 17.4. The molecule has 1 aliphatic rings. The van der Waals surface area contributed by atoms with Crippen LogP contribution in [-0.4, -0.2) is 49.0 Å². The van der Waals surface area contributed by atoms with Gasteiger partial charge in [0.1, 0.15) is 5.75 Å². The molecule has 2 aromatic carbocycles. The van der Waals surface area contributed by atoms with Crippen LogP contribution >= 0.6 is 0 Å². The van der Waals surface area contributed by atoms with Gasteiger partial charge < -0.3 is 9.64 Å². The van der Waals surface area contributed by atoms with E-state index >= 15 is 0 Å². The minimum atomic E-state index is 0.284. The van der Waals surface area contributed by atoms with Gasteiger partial charge in [0.25, 0.3) is 0 Å². The summed E-state index contributed by atoms with van der Waals surface area (Å²) in [7, 11) is 1.69. The molecule has 0 radical (unpaired) electrons. The second-order valence-electron chi connectivity index (χ2n) is 7.79. The number of rotatable bonds is 6. The number of hydrogen-bond donors (Lipinski definition) is 0. The van der Waals surface area contributed by atoms with Crippen LogP contribution in [0.25, 0.3) is 0 Å². The van der Waals surface area contributed by atoms with E-state index < -0.39 is 0 Å². The largest absolute Gasteiger partial charge is 0.497 e. The van der Waals surface area contributed by atoms with E-state index in [0.717, 1.165) is 51.3 Å². The van der Waals surface area contributed by atoms with Crippen LogP contribution in [0.1, 0.15) is 35.1 Å². The molecule has 0 aromatic heterocycles. The van der Waals surface area contributed by atoms with Crippen LogP contribution in [0.15, 0.2) is 42.5 Å². The van der Waals surface area contributed by atoms with Crippen LogP contribution in [0, 0.1) is 13.8 Å². The molecule has 28 heavy (non-hydrogen) atoms. The first-order chi connectivity index (χ1) is 13.5. The summed E-state index contributed by atoms with van der Waals surface area (Å²) in [6.07, 6.45) is 2.46.